The predicted octanol–water partition coefficient (Wildman–Crippen LogP) is 0.943. The van der Waals surface area contributed by atoms with Gasteiger partial charge in [-0.3, -0.25) is 0 Å². The van der Waals surface area contributed by atoms with Crippen molar-refractivity contribution in [3.63, 3.8) is 0 Å². The zero-order valence-corrected chi connectivity index (χ0v) is 12.0. The van der Waals surface area contributed by atoms with E-state index in [2.05, 4.69) is 5.32 Å². The van der Waals surface area contributed by atoms with Crippen LogP contribution in [0.5, 0.6) is 0 Å². The minimum Gasteiger partial charge on any atom is -0.317 e. The second-order valence-electron chi connectivity index (χ2n) is 5.26. The summed E-state index contributed by atoms with van der Waals surface area (Å²) in [5, 5.41) is 3.04. The molecule has 0 unspecified atom stereocenters. The number of hydrogen-bond acceptors (Lipinski definition) is 3. The molecule has 0 spiro atoms. The Bertz CT molecular complexity index is 415. The summed E-state index contributed by atoms with van der Waals surface area (Å²) in [5.41, 5.74) is 0. The van der Waals surface area contributed by atoms with Crippen molar-refractivity contribution in [3.05, 3.63) is 0 Å². The van der Waals surface area contributed by atoms with Crippen LogP contribution in [0.15, 0.2) is 0 Å². The first kappa shape index (κ1) is 16.0. The van der Waals surface area contributed by atoms with Gasteiger partial charge < -0.3 is 5.32 Å². The Morgan fingerprint density at radius 3 is 2.20 bits per heavy atom. The normalized spacial score (nSPS) is 23.6. The highest BCUT2D eigenvalue weighted by Gasteiger charge is 2.43. The Morgan fingerprint density at radius 2 is 1.70 bits per heavy atom. The van der Waals surface area contributed by atoms with Crippen molar-refractivity contribution in [3.8, 4) is 0 Å². The molecule has 0 radical (unpaired) electrons. The molecule has 0 atom stereocenters. The second-order valence-corrected chi connectivity index (χ2v) is 7.14. The van der Waals surface area contributed by atoms with Gasteiger partial charge in [-0.2, -0.15) is 30.2 Å². The number of halogens is 3. The quantitative estimate of drug-likeness (QED) is 0.840. The van der Waals surface area contributed by atoms with Gasteiger partial charge in [0.15, 0.2) is 0 Å². The molecule has 0 aliphatic carbocycles. The molecule has 1 N–H and O–H groups in total. The van der Waals surface area contributed by atoms with Crippen LogP contribution < -0.4 is 5.32 Å². The Balaban J connectivity index is 2.20. The Morgan fingerprint density at radius 1 is 1.15 bits per heavy atom. The number of alkyl halides is 3. The number of piperidine rings is 1. The van der Waals surface area contributed by atoms with E-state index < -0.39 is 29.0 Å². The van der Waals surface area contributed by atoms with Crippen LogP contribution in [0, 0.1) is 0 Å². The molecule has 0 aromatic heterocycles. The molecule has 2 rings (SSSR count). The van der Waals surface area contributed by atoms with E-state index in [0.29, 0.717) is 56.2 Å². The summed E-state index contributed by atoms with van der Waals surface area (Å²) >= 11 is 0. The summed E-state index contributed by atoms with van der Waals surface area (Å²) in [6, 6.07) is -0.566. The molecule has 0 saturated carbocycles. The number of nitrogens with zero attached hydrogens (tertiary/aromatic N) is 2. The molecule has 0 aromatic rings. The smallest absolute Gasteiger partial charge is 0.317 e. The summed E-state index contributed by atoms with van der Waals surface area (Å²) in [6.45, 7) is 0.350. The maximum Gasteiger partial charge on any atom is 0.402 e. The van der Waals surface area contributed by atoms with Crippen molar-refractivity contribution in [2.45, 2.75) is 37.9 Å². The van der Waals surface area contributed by atoms with E-state index in [1.165, 1.54) is 4.31 Å². The van der Waals surface area contributed by atoms with Crippen molar-refractivity contribution >= 4 is 10.2 Å². The van der Waals surface area contributed by atoms with Gasteiger partial charge in [-0.05, 0) is 38.8 Å². The van der Waals surface area contributed by atoms with Crippen LogP contribution in [0.1, 0.15) is 25.7 Å². The highest BCUT2D eigenvalue weighted by atomic mass is 32.2. The van der Waals surface area contributed by atoms with Gasteiger partial charge in [0.05, 0.1) is 0 Å². The molecule has 9 heteroatoms. The van der Waals surface area contributed by atoms with Crippen molar-refractivity contribution in [2.24, 2.45) is 0 Å². The van der Waals surface area contributed by atoms with Crippen LogP contribution in [0.2, 0.25) is 0 Å². The summed E-state index contributed by atoms with van der Waals surface area (Å²) in [7, 11) is -4.01. The largest absolute Gasteiger partial charge is 0.402 e. The van der Waals surface area contributed by atoms with Crippen LogP contribution in [0.25, 0.3) is 0 Å². The van der Waals surface area contributed by atoms with Crippen LogP contribution in [-0.2, 0) is 10.2 Å². The fourth-order valence-corrected chi connectivity index (χ4v) is 4.65. The first-order valence-electron chi connectivity index (χ1n) is 6.85. The molecule has 2 heterocycles. The topological polar surface area (TPSA) is 52.7 Å². The molecular weight excluding hydrogens is 295 g/mol. The fraction of sp³-hybridized carbons (Fsp3) is 1.00. The predicted molar refractivity (Wildman–Crippen MR) is 68.4 cm³/mol. The van der Waals surface area contributed by atoms with Crippen molar-refractivity contribution in [1.82, 2.24) is 13.9 Å². The lowest BCUT2D eigenvalue weighted by Gasteiger charge is -2.36. The van der Waals surface area contributed by atoms with E-state index >= 15 is 0 Å². The van der Waals surface area contributed by atoms with Gasteiger partial charge in [-0.25, -0.2) is 0 Å². The van der Waals surface area contributed by atoms with Crippen LogP contribution in [0.4, 0.5) is 13.2 Å². The average molecular weight is 315 g/mol. The third-order valence-corrected chi connectivity index (χ3v) is 5.78. The molecule has 118 valence electrons. The first-order chi connectivity index (χ1) is 9.31. The second kappa shape index (κ2) is 6.17. The van der Waals surface area contributed by atoms with Crippen molar-refractivity contribution in [1.29, 1.82) is 0 Å². The van der Waals surface area contributed by atoms with Crippen LogP contribution >= 0.6 is 0 Å². The van der Waals surface area contributed by atoms with Crippen molar-refractivity contribution in [2.75, 3.05) is 32.7 Å². The number of rotatable bonds is 4. The molecular formula is C11H20F3N3O2S. The van der Waals surface area contributed by atoms with E-state index in [1.807, 2.05) is 0 Å². The van der Waals surface area contributed by atoms with Gasteiger partial charge in [0, 0.05) is 19.1 Å². The van der Waals surface area contributed by atoms with E-state index in [-0.39, 0.29) is 0 Å². The zero-order valence-electron chi connectivity index (χ0n) is 11.2. The van der Waals surface area contributed by atoms with Gasteiger partial charge in [-0.15, -0.1) is 0 Å². The SMILES string of the molecule is O=S(=O)(N1CCCC1)N(CC(F)(F)F)C1CCNCC1. The Hall–Kier alpha value is -0.380. The minimum atomic E-state index is -4.52. The zero-order chi connectivity index (χ0) is 14.8. The highest BCUT2D eigenvalue weighted by molar-refractivity contribution is 7.86. The van der Waals surface area contributed by atoms with Gasteiger partial charge >= 0.3 is 6.18 Å². The standard InChI is InChI=1S/C11H20F3N3O2S/c12-11(13,14)9-17(10-3-5-15-6-4-10)20(18,19)16-7-1-2-8-16/h10,15H,1-9H2. The van der Waals surface area contributed by atoms with Gasteiger partial charge in [0.2, 0.25) is 0 Å². The lowest BCUT2D eigenvalue weighted by Crippen LogP contribution is -2.53. The van der Waals surface area contributed by atoms with E-state index in [1.54, 1.807) is 0 Å². The highest BCUT2D eigenvalue weighted by Crippen LogP contribution is 2.27. The third kappa shape index (κ3) is 3.84. The molecule has 2 aliphatic heterocycles. The van der Waals surface area contributed by atoms with Gasteiger partial charge in [0.1, 0.15) is 6.54 Å². The number of nitrogens with one attached hydrogen (secondary N) is 1. The lowest BCUT2D eigenvalue weighted by molar-refractivity contribution is -0.140. The Kier molecular flexibility index (Phi) is 4.93. The van der Waals surface area contributed by atoms with Gasteiger partial charge in [-0.1, -0.05) is 0 Å². The monoisotopic (exact) mass is 315 g/mol. The van der Waals surface area contributed by atoms with Crippen LogP contribution in [-0.4, -0.2) is 62.0 Å². The Labute approximate surface area is 117 Å². The van der Waals surface area contributed by atoms with Crippen LogP contribution in [0.3, 0.4) is 0 Å². The summed E-state index contributed by atoms with van der Waals surface area (Å²) < 4.78 is 64.9. The van der Waals surface area contributed by atoms with E-state index in [0.717, 1.165) is 0 Å². The summed E-state index contributed by atoms with van der Waals surface area (Å²) in [6.07, 6.45) is -2.25. The maximum atomic E-state index is 12.7. The summed E-state index contributed by atoms with van der Waals surface area (Å²) in [5.74, 6) is 0. The maximum absolute atomic E-state index is 12.7. The van der Waals surface area contributed by atoms with E-state index in [9.17, 15) is 21.6 Å². The third-order valence-electron chi connectivity index (χ3n) is 3.74. The molecule has 0 bridgehead atoms. The first-order valence-corrected chi connectivity index (χ1v) is 8.25. The minimum absolute atomic E-state index is 0.321. The number of hydrogen-bond donors (Lipinski definition) is 1. The molecule has 2 aliphatic rings. The molecule has 0 aromatic carbocycles. The van der Waals surface area contributed by atoms with Gasteiger partial charge in [0.25, 0.3) is 10.2 Å². The molecule has 5 nitrogen and oxygen atoms in total. The molecule has 20 heavy (non-hydrogen) atoms. The average Bonchev–Trinajstić information content (AvgIpc) is 2.90. The molecule has 2 fully saturated rings. The van der Waals surface area contributed by atoms with E-state index in [4.69, 9.17) is 0 Å². The molecule has 2 saturated heterocycles. The lowest BCUT2D eigenvalue weighted by atomic mass is 10.1. The van der Waals surface area contributed by atoms with Crippen molar-refractivity contribution < 1.29 is 21.6 Å². The fourth-order valence-electron chi connectivity index (χ4n) is 2.74. The summed E-state index contributed by atoms with van der Waals surface area (Å²) in [4.78, 5) is 0. The molecule has 0 amide bonds.